The molecule has 0 aliphatic carbocycles. The lowest BCUT2D eigenvalue weighted by Gasteiger charge is -2.30. The van der Waals surface area contributed by atoms with Crippen molar-refractivity contribution in [2.45, 2.75) is 45.7 Å². The number of amides is 1. The summed E-state index contributed by atoms with van der Waals surface area (Å²) in [5.74, 6) is -0.0273. The molecule has 2 rings (SSSR count). The second-order valence-electron chi connectivity index (χ2n) is 5.87. The second kappa shape index (κ2) is 6.27. The van der Waals surface area contributed by atoms with Crippen molar-refractivity contribution in [2.75, 3.05) is 13.1 Å². The normalized spacial score (nSPS) is 18.5. The Morgan fingerprint density at radius 3 is 2.85 bits per heavy atom. The highest BCUT2D eigenvalue weighted by Gasteiger charge is 2.25. The molecule has 1 aliphatic rings. The first kappa shape index (κ1) is 14.9. The third kappa shape index (κ3) is 3.31. The molecule has 0 bridgehead atoms. The van der Waals surface area contributed by atoms with E-state index in [1.54, 1.807) is 12.1 Å². The van der Waals surface area contributed by atoms with E-state index < -0.39 is 0 Å². The lowest BCUT2D eigenvalue weighted by atomic mass is 10.1. The van der Waals surface area contributed by atoms with E-state index in [4.69, 9.17) is 0 Å². The molecule has 1 atom stereocenters. The Morgan fingerprint density at radius 2 is 2.25 bits per heavy atom. The zero-order valence-corrected chi connectivity index (χ0v) is 12.5. The van der Waals surface area contributed by atoms with Crippen LogP contribution in [0.1, 0.15) is 42.6 Å². The summed E-state index contributed by atoms with van der Waals surface area (Å²) in [6.07, 6.45) is 2.27. The van der Waals surface area contributed by atoms with Crippen LogP contribution < -0.4 is 5.32 Å². The molecule has 1 aromatic rings. The zero-order chi connectivity index (χ0) is 14.7. The van der Waals surface area contributed by atoms with Crippen molar-refractivity contribution in [3.8, 4) is 5.75 Å². The van der Waals surface area contributed by atoms with Gasteiger partial charge in [-0.05, 0) is 52.3 Å². The van der Waals surface area contributed by atoms with Gasteiger partial charge >= 0.3 is 0 Å². The number of nitrogens with one attached hydrogen (secondary N) is 1. The highest BCUT2D eigenvalue weighted by Crippen LogP contribution is 2.22. The van der Waals surface area contributed by atoms with Gasteiger partial charge in [0, 0.05) is 18.6 Å². The number of phenols is 1. The molecule has 1 amide bonds. The topological polar surface area (TPSA) is 52.6 Å². The maximum Gasteiger partial charge on any atom is 0.257 e. The van der Waals surface area contributed by atoms with Crippen LogP contribution in [0.2, 0.25) is 0 Å². The van der Waals surface area contributed by atoms with E-state index in [2.05, 4.69) is 5.32 Å². The fraction of sp³-hybridized carbons (Fsp3) is 0.562. The van der Waals surface area contributed by atoms with Gasteiger partial charge in [-0.1, -0.05) is 11.6 Å². The van der Waals surface area contributed by atoms with E-state index >= 15 is 0 Å². The van der Waals surface area contributed by atoms with Gasteiger partial charge in [0.25, 0.3) is 5.91 Å². The van der Waals surface area contributed by atoms with Crippen molar-refractivity contribution in [2.24, 2.45) is 0 Å². The molecule has 0 aromatic heterocycles. The number of phenolic OH excluding ortho intramolecular Hbond substituents is 1. The van der Waals surface area contributed by atoms with Crippen LogP contribution in [0.3, 0.4) is 0 Å². The van der Waals surface area contributed by atoms with Crippen molar-refractivity contribution in [3.63, 3.8) is 0 Å². The SMILES string of the molecule is Cc1ccc(O)c(C(=O)N(CC2CCCN2)C(C)C)c1. The zero-order valence-electron chi connectivity index (χ0n) is 12.5. The number of rotatable bonds is 4. The van der Waals surface area contributed by atoms with Gasteiger partial charge in [0.05, 0.1) is 5.56 Å². The van der Waals surface area contributed by atoms with Crippen molar-refractivity contribution >= 4 is 5.91 Å². The molecule has 0 radical (unpaired) electrons. The monoisotopic (exact) mass is 276 g/mol. The molecule has 1 heterocycles. The minimum atomic E-state index is -0.0881. The van der Waals surface area contributed by atoms with E-state index in [0.717, 1.165) is 18.5 Å². The van der Waals surface area contributed by atoms with Gasteiger partial charge in [-0.2, -0.15) is 0 Å². The van der Waals surface area contributed by atoms with Gasteiger partial charge in [-0.3, -0.25) is 4.79 Å². The lowest BCUT2D eigenvalue weighted by molar-refractivity contribution is 0.0686. The number of aromatic hydroxyl groups is 1. The molecule has 1 saturated heterocycles. The van der Waals surface area contributed by atoms with E-state index in [1.807, 2.05) is 31.7 Å². The maximum atomic E-state index is 12.7. The molecule has 110 valence electrons. The third-order valence-electron chi connectivity index (χ3n) is 3.85. The molecule has 4 nitrogen and oxygen atoms in total. The predicted octanol–water partition coefficient (Wildman–Crippen LogP) is 2.30. The van der Waals surface area contributed by atoms with E-state index in [-0.39, 0.29) is 17.7 Å². The second-order valence-corrected chi connectivity index (χ2v) is 5.87. The Morgan fingerprint density at radius 1 is 1.50 bits per heavy atom. The van der Waals surface area contributed by atoms with Crippen LogP contribution in [-0.4, -0.2) is 41.1 Å². The summed E-state index contributed by atoms with van der Waals surface area (Å²) in [6, 6.07) is 5.65. The summed E-state index contributed by atoms with van der Waals surface area (Å²) in [5, 5.41) is 13.4. The molecular formula is C16H24N2O2. The maximum absolute atomic E-state index is 12.7. The fourth-order valence-electron chi connectivity index (χ4n) is 2.65. The summed E-state index contributed by atoms with van der Waals surface area (Å²) in [4.78, 5) is 14.5. The van der Waals surface area contributed by atoms with E-state index in [0.29, 0.717) is 18.2 Å². The molecule has 4 heteroatoms. The van der Waals surface area contributed by atoms with Crippen LogP contribution in [0.25, 0.3) is 0 Å². The molecule has 1 unspecified atom stereocenters. The molecule has 0 saturated carbocycles. The van der Waals surface area contributed by atoms with Crippen LogP contribution >= 0.6 is 0 Å². The standard InChI is InChI=1S/C16H24N2O2/c1-11(2)18(10-13-5-4-8-17-13)16(20)14-9-12(3)6-7-15(14)19/h6-7,9,11,13,17,19H,4-5,8,10H2,1-3H3. The minimum absolute atomic E-state index is 0.0608. The number of carbonyl (C=O) groups is 1. The Balaban J connectivity index is 2.19. The number of benzene rings is 1. The van der Waals surface area contributed by atoms with Gasteiger partial charge < -0.3 is 15.3 Å². The Hall–Kier alpha value is -1.55. The molecular weight excluding hydrogens is 252 g/mol. The van der Waals surface area contributed by atoms with Crippen LogP contribution in [0.15, 0.2) is 18.2 Å². The lowest BCUT2D eigenvalue weighted by Crippen LogP contribution is -2.44. The largest absolute Gasteiger partial charge is 0.507 e. The van der Waals surface area contributed by atoms with Gasteiger partial charge in [0.1, 0.15) is 5.75 Å². The van der Waals surface area contributed by atoms with Crippen molar-refractivity contribution < 1.29 is 9.90 Å². The molecule has 2 N–H and O–H groups in total. The first-order valence-electron chi connectivity index (χ1n) is 7.33. The van der Waals surface area contributed by atoms with Gasteiger partial charge in [0.2, 0.25) is 0 Å². The summed E-state index contributed by atoms with van der Waals surface area (Å²) in [7, 11) is 0. The Bertz CT molecular complexity index is 479. The molecule has 20 heavy (non-hydrogen) atoms. The number of carbonyl (C=O) groups excluding carboxylic acids is 1. The number of hydrogen-bond donors (Lipinski definition) is 2. The summed E-state index contributed by atoms with van der Waals surface area (Å²) >= 11 is 0. The van der Waals surface area contributed by atoms with E-state index in [9.17, 15) is 9.90 Å². The van der Waals surface area contributed by atoms with E-state index in [1.165, 1.54) is 6.42 Å². The summed E-state index contributed by atoms with van der Waals surface area (Å²) < 4.78 is 0. The number of nitrogens with zero attached hydrogens (tertiary/aromatic N) is 1. The number of hydrogen-bond acceptors (Lipinski definition) is 3. The highest BCUT2D eigenvalue weighted by molar-refractivity contribution is 5.97. The molecule has 1 aliphatic heterocycles. The van der Waals surface area contributed by atoms with Crippen molar-refractivity contribution in [1.82, 2.24) is 10.2 Å². The third-order valence-corrected chi connectivity index (χ3v) is 3.85. The summed E-state index contributed by atoms with van der Waals surface area (Å²) in [5.41, 5.74) is 1.38. The molecule has 0 spiro atoms. The van der Waals surface area contributed by atoms with Crippen LogP contribution in [0.4, 0.5) is 0 Å². The van der Waals surface area contributed by atoms with Gasteiger partial charge in [-0.25, -0.2) is 0 Å². The average Bonchev–Trinajstić information content (AvgIpc) is 2.90. The van der Waals surface area contributed by atoms with Crippen LogP contribution in [0.5, 0.6) is 5.75 Å². The predicted molar refractivity (Wildman–Crippen MR) is 80.0 cm³/mol. The van der Waals surface area contributed by atoms with Crippen LogP contribution in [0, 0.1) is 6.92 Å². The first-order chi connectivity index (χ1) is 9.49. The summed E-state index contributed by atoms with van der Waals surface area (Å²) in [6.45, 7) is 7.68. The quantitative estimate of drug-likeness (QED) is 0.887. The average molecular weight is 276 g/mol. The Kier molecular flexibility index (Phi) is 4.65. The fourth-order valence-corrected chi connectivity index (χ4v) is 2.65. The van der Waals surface area contributed by atoms with Crippen molar-refractivity contribution in [3.05, 3.63) is 29.3 Å². The highest BCUT2D eigenvalue weighted by atomic mass is 16.3. The van der Waals surface area contributed by atoms with Crippen LogP contribution in [-0.2, 0) is 0 Å². The smallest absolute Gasteiger partial charge is 0.257 e. The molecule has 1 aromatic carbocycles. The Labute approximate surface area is 120 Å². The molecule has 1 fully saturated rings. The van der Waals surface area contributed by atoms with Gasteiger partial charge in [-0.15, -0.1) is 0 Å². The van der Waals surface area contributed by atoms with Gasteiger partial charge in [0.15, 0.2) is 0 Å². The van der Waals surface area contributed by atoms with Crippen molar-refractivity contribution in [1.29, 1.82) is 0 Å². The minimum Gasteiger partial charge on any atom is -0.507 e. The first-order valence-corrected chi connectivity index (χ1v) is 7.33. The number of aryl methyl sites for hydroxylation is 1.